The van der Waals surface area contributed by atoms with Crippen molar-refractivity contribution < 1.29 is 26.8 Å². The molecular weight excluding hydrogens is 422 g/mol. The summed E-state index contributed by atoms with van der Waals surface area (Å²) in [6.45, 7) is 2.37. The van der Waals surface area contributed by atoms with Gasteiger partial charge in [0.1, 0.15) is 0 Å². The second kappa shape index (κ2) is 8.60. The maximum atomic E-state index is 12.3. The number of nitrogens with zero attached hydrogens (tertiary/aromatic N) is 2. The van der Waals surface area contributed by atoms with Gasteiger partial charge in [-0.15, -0.1) is 5.10 Å². The van der Waals surface area contributed by atoms with Crippen molar-refractivity contribution in [3.63, 3.8) is 0 Å². The standard InChI is InChI=1S/C21H19N3O6S/c1-2-28-16-10-6-7-14-13-17(29-19(14)16)20-23-24-21(30-20)22-18(25)11-12-31(26,27)15-8-4-3-5-9-15/h3-10,13H,2,11-12H2,1H3,(H,22,24,25). The van der Waals surface area contributed by atoms with Crippen LogP contribution in [0.2, 0.25) is 0 Å². The lowest BCUT2D eigenvalue weighted by Gasteiger charge is -2.03. The van der Waals surface area contributed by atoms with E-state index in [1.54, 1.807) is 30.3 Å². The largest absolute Gasteiger partial charge is 0.490 e. The highest BCUT2D eigenvalue weighted by Crippen LogP contribution is 2.33. The fourth-order valence-electron chi connectivity index (χ4n) is 2.94. The molecule has 1 N–H and O–H groups in total. The summed E-state index contributed by atoms with van der Waals surface area (Å²) in [5.41, 5.74) is 0.550. The summed E-state index contributed by atoms with van der Waals surface area (Å²) in [4.78, 5) is 12.3. The Morgan fingerprint density at radius 2 is 1.87 bits per heavy atom. The Kier molecular flexibility index (Phi) is 5.72. The molecule has 10 heteroatoms. The number of hydrogen-bond acceptors (Lipinski definition) is 8. The molecule has 31 heavy (non-hydrogen) atoms. The number of ether oxygens (including phenoxy) is 1. The van der Waals surface area contributed by atoms with Crippen LogP contribution in [0, 0.1) is 0 Å². The third-order valence-corrected chi connectivity index (χ3v) is 6.12. The summed E-state index contributed by atoms with van der Waals surface area (Å²) < 4.78 is 41.3. The van der Waals surface area contributed by atoms with Gasteiger partial charge in [0, 0.05) is 11.8 Å². The van der Waals surface area contributed by atoms with Crippen LogP contribution in [0.15, 0.2) is 68.3 Å². The summed E-state index contributed by atoms with van der Waals surface area (Å²) in [5, 5.41) is 10.9. The van der Waals surface area contributed by atoms with E-state index >= 15 is 0 Å². The summed E-state index contributed by atoms with van der Waals surface area (Å²) in [6, 6.07) is 15.0. The molecule has 0 aliphatic heterocycles. The fraction of sp³-hybridized carbons (Fsp3) is 0.190. The van der Waals surface area contributed by atoms with Gasteiger partial charge in [-0.1, -0.05) is 35.4 Å². The molecule has 9 nitrogen and oxygen atoms in total. The Bertz CT molecular complexity index is 1310. The summed E-state index contributed by atoms with van der Waals surface area (Å²) in [7, 11) is -3.56. The average molecular weight is 441 g/mol. The highest BCUT2D eigenvalue weighted by atomic mass is 32.2. The maximum Gasteiger partial charge on any atom is 0.322 e. The molecule has 0 bridgehead atoms. The minimum atomic E-state index is -3.56. The van der Waals surface area contributed by atoms with E-state index in [-0.39, 0.29) is 29.0 Å². The SMILES string of the molecule is CCOc1cccc2cc(-c3nnc(NC(=O)CCS(=O)(=O)c4ccccc4)o3)oc12. The highest BCUT2D eigenvalue weighted by Gasteiger charge is 2.19. The summed E-state index contributed by atoms with van der Waals surface area (Å²) >= 11 is 0. The van der Waals surface area contributed by atoms with Crippen LogP contribution in [0.5, 0.6) is 5.75 Å². The number of carbonyl (C=O) groups is 1. The smallest absolute Gasteiger partial charge is 0.322 e. The van der Waals surface area contributed by atoms with Crippen LogP contribution in [0.3, 0.4) is 0 Å². The first-order valence-electron chi connectivity index (χ1n) is 9.53. The summed E-state index contributed by atoms with van der Waals surface area (Å²) in [6.07, 6.45) is -0.253. The highest BCUT2D eigenvalue weighted by molar-refractivity contribution is 7.91. The van der Waals surface area contributed by atoms with E-state index < -0.39 is 15.7 Å². The van der Waals surface area contributed by atoms with Crippen molar-refractivity contribution >= 4 is 32.7 Å². The number of amides is 1. The van der Waals surface area contributed by atoms with E-state index in [1.165, 1.54) is 12.1 Å². The van der Waals surface area contributed by atoms with Crippen LogP contribution in [0.1, 0.15) is 13.3 Å². The zero-order valence-electron chi connectivity index (χ0n) is 16.6. The van der Waals surface area contributed by atoms with Gasteiger partial charge in [0.2, 0.25) is 5.91 Å². The van der Waals surface area contributed by atoms with Crippen LogP contribution in [0.4, 0.5) is 6.01 Å². The first-order valence-corrected chi connectivity index (χ1v) is 11.2. The van der Waals surface area contributed by atoms with Crippen molar-refractivity contribution in [3.8, 4) is 17.4 Å². The number of fused-ring (bicyclic) bond motifs is 1. The molecule has 0 aliphatic carbocycles. The van der Waals surface area contributed by atoms with Gasteiger partial charge in [0.05, 0.1) is 17.3 Å². The van der Waals surface area contributed by atoms with Crippen molar-refractivity contribution in [1.29, 1.82) is 0 Å². The minimum absolute atomic E-state index is 0.0749. The van der Waals surface area contributed by atoms with Gasteiger partial charge in [-0.05, 0) is 31.2 Å². The maximum absolute atomic E-state index is 12.3. The Morgan fingerprint density at radius 1 is 1.06 bits per heavy atom. The van der Waals surface area contributed by atoms with Crippen molar-refractivity contribution in [1.82, 2.24) is 10.2 Å². The molecule has 0 aliphatic rings. The molecule has 0 spiro atoms. The molecule has 2 aromatic carbocycles. The predicted octanol–water partition coefficient (Wildman–Crippen LogP) is 3.68. The van der Waals surface area contributed by atoms with Gasteiger partial charge in [-0.25, -0.2) is 8.42 Å². The molecule has 0 unspecified atom stereocenters. The normalized spacial score (nSPS) is 11.5. The number of aromatic nitrogens is 2. The number of furan rings is 1. The lowest BCUT2D eigenvalue weighted by Crippen LogP contribution is -2.17. The fourth-order valence-corrected chi connectivity index (χ4v) is 4.20. The van der Waals surface area contributed by atoms with Crippen LogP contribution < -0.4 is 10.1 Å². The molecule has 160 valence electrons. The topological polar surface area (TPSA) is 125 Å². The van der Waals surface area contributed by atoms with E-state index in [0.29, 0.717) is 23.7 Å². The van der Waals surface area contributed by atoms with Gasteiger partial charge in [-0.3, -0.25) is 10.1 Å². The molecule has 1 amide bonds. The second-order valence-electron chi connectivity index (χ2n) is 6.56. The van der Waals surface area contributed by atoms with E-state index in [9.17, 15) is 13.2 Å². The van der Waals surface area contributed by atoms with E-state index in [1.807, 2.05) is 19.1 Å². The average Bonchev–Trinajstić information content (AvgIpc) is 3.41. The van der Waals surface area contributed by atoms with Gasteiger partial charge in [0.25, 0.3) is 5.89 Å². The Balaban J connectivity index is 1.43. The third kappa shape index (κ3) is 4.58. The Morgan fingerprint density at radius 3 is 2.65 bits per heavy atom. The number of carbonyl (C=O) groups excluding carboxylic acids is 1. The van der Waals surface area contributed by atoms with E-state index in [2.05, 4.69) is 15.5 Å². The number of hydrogen-bond donors (Lipinski definition) is 1. The minimum Gasteiger partial charge on any atom is -0.490 e. The van der Waals surface area contributed by atoms with Crippen LogP contribution in [0.25, 0.3) is 22.6 Å². The number of rotatable bonds is 8. The molecule has 4 rings (SSSR count). The number of sulfone groups is 1. The van der Waals surface area contributed by atoms with Gasteiger partial charge < -0.3 is 13.6 Å². The predicted molar refractivity (Wildman–Crippen MR) is 112 cm³/mol. The molecule has 0 fully saturated rings. The lowest BCUT2D eigenvalue weighted by molar-refractivity contribution is -0.115. The first-order chi connectivity index (χ1) is 15.0. The van der Waals surface area contributed by atoms with Crippen LogP contribution in [-0.2, 0) is 14.6 Å². The van der Waals surface area contributed by atoms with Crippen molar-refractivity contribution in [2.75, 3.05) is 17.7 Å². The van der Waals surface area contributed by atoms with Crippen molar-refractivity contribution in [2.24, 2.45) is 0 Å². The molecule has 4 aromatic rings. The quantitative estimate of drug-likeness (QED) is 0.439. The van der Waals surface area contributed by atoms with Gasteiger partial charge in [-0.2, -0.15) is 0 Å². The molecule has 0 atom stereocenters. The Hall–Kier alpha value is -3.66. The first kappa shape index (κ1) is 20.6. The van der Waals surface area contributed by atoms with Gasteiger partial charge in [0.15, 0.2) is 26.9 Å². The zero-order chi connectivity index (χ0) is 21.8. The third-order valence-electron chi connectivity index (χ3n) is 4.39. The summed E-state index contributed by atoms with van der Waals surface area (Å²) in [5.74, 6) is 0.0951. The molecule has 0 saturated carbocycles. The number of para-hydroxylation sites is 1. The Labute approximate surface area is 177 Å². The lowest BCUT2D eigenvalue weighted by atomic mass is 10.2. The number of benzene rings is 2. The molecule has 2 heterocycles. The monoisotopic (exact) mass is 441 g/mol. The molecule has 0 radical (unpaired) electrons. The van der Waals surface area contributed by atoms with Crippen molar-refractivity contribution in [2.45, 2.75) is 18.2 Å². The van der Waals surface area contributed by atoms with Gasteiger partial charge >= 0.3 is 6.01 Å². The second-order valence-corrected chi connectivity index (χ2v) is 8.67. The zero-order valence-corrected chi connectivity index (χ0v) is 17.4. The van der Waals surface area contributed by atoms with E-state index in [0.717, 1.165) is 5.39 Å². The number of anilines is 1. The number of nitrogens with one attached hydrogen (secondary N) is 1. The van der Waals surface area contributed by atoms with Crippen LogP contribution >= 0.6 is 0 Å². The molecule has 0 saturated heterocycles. The van der Waals surface area contributed by atoms with Crippen molar-refractivity contribution in [3.05, 3.63) is 54.6 Å². The van der Waals surface area contributed by atoms with Crippen LogP contribution in [-0.4, -0.2) is 36.9 Å². The molecular formula is C21H19N3O6S. The molecule has 2 aromatic heterocycles. The van der Waals surface area contributed by atoms with E-state index in [4.69, 9.17) is 13.6 Å².